The molecular formula is C10H21N3O2. The third-order valence-corrected chi connectivity index (χ3v) is 2.90. The lowest BCUT2D eigenvalue weighted by molar-refractivity contribution is -0.130. The van der Waals surface area contributed by atoms with Gasteiger partial charge in [-0.05, 0) is 12.8 Å². The maximum absolute atomic E-state index is 11.5. The van der Waals surface area contributed by atoms with Gasteiger partial charge in [-0.2, -0.15) is 0 Å². The minimum Gasteiger partial charge on any atom is -0.376 e. The number of nitrogens with one attached hydrogen (secondary N) is 1. The highest BCUT2D eigenvalue weighted by Gasteiger charge is 2.28. The van der Waals surface area contributed by atoms with E-state index in [1.165, 1.54) is 0 Å². The molecule has 1 rings (SSSR count). The molecule has 1 fully saturated rings. The fourth-order valence-electron chi connectivity index (χ4n) is 1.98. The van der Waals surface area contributed by atoms with Gasteiger partial charge in [-0.3, -0.25) is 15.1 Å². The van der Waals surface area contributed by atoms with Crippen molar-refractivity contribution >= 4 is 5.91 Å². The summed E-state index contributed by atoms with van der Waals surface area (Å²) in [5.41, 5.74) is 2.22. The predicted molar refractivity (Wildman–Crippen MR) is 58.0 cm³/mol. The molecule has 0 aromatic heterocycles. The van der Waals surface area contributed by atoms with Gasteiger partial charge < -0.3 is 4.74 Å². The molecule has 0 radical (unpaired) electrons. The third-order valence-electron chi connectivity index (χ3n) is 2.90. The molecule has 0 saturated carbocycles. The lowest BCUT2D eigenvalue weighted by Gasteiger charge is -2.36. The predicted octanol–water partition coefficient (Wildman–Crippen LogP) is -0.134. The standard InChI is InChI=1S/C10H21N3O2/c1-3-8-7-13(5-6-15-8)9(4-2)10(14)12-11/h8-9H,3-7,11H2,1-2H3,(H,12,14). The molecule has 15 heavy (non-hydrogen) atoms. The van der Waals surface area contributed by atoms with Crippen molar-refractivity contribution in [3.8, 4) is 0 Å². The lowest BCUT2D eigenvalue weighted by Crippen LogP contribution is -2.54. The molecule has 1 amide bonds. The second-order valence-electron chi connectivity index (χ2n) is 3.83. The maximum atomic E-state index is 11.5. The monoisotopic (exact) mass is 215 g/mol. The topological polar surface area (TPSA) is 67.6 Å². The fraction of sp³-hybridized carbons (Fsp3) is 0.900. The number of carbonyl (C=O) groups excluding carboxylic acids is 1. The van der Waals surface area contributed by atoms with Gasteiger partial charge in [-0.25, -0.2) is 5.84 Å². The minimum absolute atomic E-state index is 0.103. The van der Waals surface area contributed by atoms with Crippen LogP contribution < -0.4 is 11.3 Å². The summed E-state index contributed by atoms with van der Waals surface area (Å²) in [6.07, 6.45) is 2.01. The Hall–Kier alpha value is -0.650. The van der Waals surface area contributed by atoms with E-state index in [2.05, 4.69) is 17.2 Å². The Morgan fingerprint density at radius 1 is 1.67 bits per heavy atom. The minimum atomic E-state index is -0.118. The molecule has 0 aliphatic carbocycles. The molecule has 0 spiro atoms. The number of morpholine rings is 1. The first kappa shape index (κ1) is 12.4. The van der Waals surface area contributed by atoms with Crippen LogP contribution in [0.5, 0.6) is 0 Å². The molecule has 88 valence electrons. The van der Waals surface area contributed by atoms with Crippen LogP contribution >= 0.6 is 0 Å². The van der Waals surface area contributed by atoms with Crippen LogP contribution in [0.15, 0.2) is 0 Å². The van der Waals surface area contributed by atoms with E-state index in [1.54, 1.807) is 0 Å². The number of nitrogens with zero attached hydrogens (tertiary/aromatic N) is 1. The number of carbonyl (C=O) groups is 1. The van der Waals surface area contributed by atoms with Crippen molar-refractivity contribution in [2.45, 2.75) is 38.8 Å². The number of rotatable bonds is 4. The van der Waals surface area contributed by atoms with Gasteiger partial charge in [0.25, 0.3) is 5.91 Å². The summed E-state index contributed by atoms with van der Waals surface area (Å²) in [4.78, 5) is 13.7. The molecule has 5 heteroatoms. The largest absolute Gasteiger partial charge is 0.376 e. The molecule has 1 aliphatic heterocycles. The van der Waals surface area contributed by atoms with Crippen molar-refractivity contribution in [3.05, 3.63) is 0 Å². The summed E-state index contributed by atoms with van der Waals surface area (Å²) in [6.45, 7) is 6.42. The highest BCUT2D eigenvalue weighted by Crippen LogP contribution is 2.13. The SMILES string of the molecule is CCC1CN(C(CC)C(=O)NN)CCO1. The van der Waals surface area contributed by atoms with Gasteiger partial charge in [0.1, 0.15) is 0 Å². The van der Waals surface area contributed by atoms with Crippen molar-refractivity contribution < 1.29 is 9.53 Å². The second-order valence-corrected chi connectivity index (χ2v) is 3.83. The first-order valence-electron chi connectivity index (χ1n) is 5.59. The van der Waals surface area contributed by atoms with Crippen molar-refractivity contribution in [1.82, 2.24) is 10.3 Å². The Balaban J connectivity index is 2.55. The number of hydrogen-bond acceptors (Lipinski definition) is 4. The number of hydrogen-bond donors (Lipinski definition) is 2. The summed E-state index contributed by atoms with van der Waals surface area (Å²) in [7, 11) is 0. The molecule has 1 saturated heterocycles. The van der Waals surface area contributed by atoms with Crippen LogP contribution in [-0.4, -0.2) is 42.6 Å². The average Bonchev–Trinajstić information content (AvgIpc) is 2.30. The Morgan fingerprint density at radius 3 is 2.93 bits per heavy atom. The van der Waals surface area contributed by atoms with Crippen LogP contribution in [0, 0.1) is 0 Å². The quantitative estimate of drug-likeness (QED) is 0.389. The first-order chi connectivity index (χ1) is 7.22. The Morgan fingerprint density at radius 2 is 2.40 bits per heavy atom. The van der Waals surface area contributed by atoms with Crippen LogP contribution in [0.3, 0.4) is 0 Å². The fourth-order valence-corrected chi connectivity index (χ4v) is 1.98. The zero-order valence-corrected chi connectivity index (χ0v) is 9.53. The van der Waals surface area contributed by atoms with Gasteiger partial charge in [-0.15, -0.1) is 0 Å². The van der Waals surface area contributed by atoms with Crippen molar-refractivity contribution in [1.29, 1.82) is 0 Å². The summed E-state index contributed by atoms with van der Waals surface area (Å²) >= 11 is 0. The Labute approximate surface area is 90.9 Å². The molecule has 1 aliphatic rings. The van der Waals surface area contributed by atoms with Gasteiger partial charge in [0.05, 0.1) is 18.8 Å². The van der Waals surface area contributed by atoms with Gasteiger partial charge >= 0.3 is 0 Å². The van der Waals surface area contributed by atoms with Gasteiger partial charge in [0.2, 0.25) is 0 Å². The second kappa shape index (κ2) is 6.05. The van der Waals surface area contributed by atoms with E-state index in [-0.39, 0.29) is 18.1 Å². The first-order valence-corrected chi connectivity index (χ1v) is 5.59. The van der Waals surface area contributed by atoms with Crippen molar-refractivity contribution in [2.75, 3.05) is 19.7 Å². The van der Waals surface area contributed by atoms with Crippen molar-refractivity contribution in [3.63, 3.8) is 0 Å². The highest BCUT2D eigenvalue weighted by atomic mass is 16.5. The van der Waals surface area contributed by atoms with Crippen LogP contribution in [0.2, 0.25) is 0 Å². The Kier molecular flexibility index (Phi) is 5.01. The molecule has 0 aromatic carbocycles. The van der Waals surface area contributed by atoms with E-state index in [1.807, 2.05) is 6.92 Å². The van der Waals surface area contributed by atoms with Crippen LogP contribution in [0.25, 0.3) is 0 Å². The van der Waals surface area contributed by atoms with Crippen LogP contribution in [0.4, 0.5) is 0 Å². The number of nitrogens with two attached hydrogens (primary N) is 1. The Bertz CT molecular complexity index is 211. The molecule has 1 heterocycles. The smallest absolute Gasteiger partial charge is 0.251 e. The number of amides is 1. The normalized spacial score (nSPS) is 24.9. The summed E-state index contributed by atoms with van der Waals surface area (Å²) in [5, 5.41) is 0. The number of ether oxygens (including phenoxy) is 1. The molecule has 3 N–H and O–H groups in total. The van der Waals surface area contributed by atoms with E-state index in [4.69, 9.17) is 10.6 Å². The van der Waals surface area contributed by atoms with Gasteiger partial charge in [0.15, 0.2) is 0 Å². The van der Waals surface area contributed by atoms with E-state index >= 15 is 0 Å². The van der Waals surface area contributed by atoms with E-state index in [0.29, 0.717) is 6.61 Å². The zero-order chi connectivity index (χ0) is 11.3. The van der Waals surface area contributed by atoms with E-state index in [9.17, 15) is 4.79 Å². The molecule has 0 bridgehead atoms. The third kappa shape index (κ3) is 3.15. The average molecular weight is 215 g/mol. The summed E-state index contributed by atoms with van der Waals surface area (Å²) in [5.74, 6) is 5.06. The molecule has 2 atom stereocenters. The summed E-state index contributed by atoms with van der Waals surface area (Å²) < 4.78 is 5.56. The van der Waals surface area contributed by atoms with Crippen LogP contribution in [0.1, 0.15) is 26.7 Å². The van der Waals surface area contributed by atoms with E-state index in [0.717, 1.165) is 25.9 Å². The summed E-state index contributed by atoms with van der Waals surface area (Å²) in [6, 6.07) is -0.118. The van der Waals surface area contributed by atoms with E-state index < -0.39 is 0 Å². The zero-order valence-electron chi connectivity index (χ0n) is 9.53. The molecular weight excluding hydrogens is 194 g/mol. The van der Waals surface area contributed by atoms with Crippen LogP contribution in [-0.2, 0) is 9.53 Å². The number of hydrazine groups is 1. The molecule has 0 aromatic rings. The van der Waals surface area contributed by atoms with Crippen molar-refractivity contribution in [2.24, 2.45) is 5.84 Å². The maximum Gasteiger partial charge on any atom is 0.251 e. The molecule has 2 unspecified atom stereocenters. The van der Waals surface area contributed by atoms with Gasteiger partial charge in [0, 0.05) is 13.1 Å². The highest BCUT2D eigenvalue weighted by molar-refractivity contribution is 5.81. The lowest BCUT2D eigenvalue weighted by atomic mass is 10.1. The molecule has 5 nitrogen and oxygen atoms in total. The van der Waals surface area contributed by atoms with Gasteiger partial charge in [-0.1, -0.05) is 13.8 Å².